The molecular formula is C5H8N2. The summed E-state index contributed by atoms with van der Waals surface area (Å²) in [7, 11) is 0. The predicted octanol–water partition coefficient (Wildman–Crippen LogP) is 1.72. The van der Waals surface area contributed by atoms with Crippen molar-refractivity contribution in [3.63, 3.8) is 0 Å². The zero-order valence-corrected chi connectivity index (χ0v) is 4.22. The molecule has 0 aromatic carbocycles. The lowest BCUT2D eigenvalue weighted by atomic mass is 10.2. The van der Waals surface area contributed by atoms with E-state index in [2.05, 4.69) is 10.2 Å². The molecule has 2 nitrogen and oxygen atoms in total. The van der Waals surface area contributed by atoms with Gasteiger partial charge in [-0.15, -0.1) is 0 Å². The maximum atomic E-state index is 3.96. The zero-order valence-electron chi connectivity index (χ0n) is 4.22. The summed E-state index contributed by atoms with van der Waals surface area (Å²) < 4.78 is 0. The first-order valence-electron chi connectivity index (χ1n) is 2.85. The molecule has 0 unspecified atom stereocenters. The lowest BCUT2D eigenvalue weighted by Gasteiger charge is -1.91. The molecule has 0 N–H and O–H groups in total. The van der Waals surface area contributed by atoms with E-state index in [0.29, 0.717) is 0 Å². The van der Waals surface area contributed by atoms with Crippen LogP contribution in [0.5, 0.6) is 0 Å². The third-order valence-electron chi connectivity index (χ3n) is 1.79. The van der Waals surface area contributed by atoms with Crippen LogP contribution in [0, 0.1) is 0 Å². The second kappa shape index (κ2) is 0.881. The minimum absolute atomic E-state index is 0.194. The van der Waals surface area contributed by atoms with Crippen LogP contribution in [0.2, 0.25) is 0 Å². The van der Waals surface area contributed by atoms with Crippen molar-refractivity contribution in [1.29, 1.82) is 0 Å². The lowest BCUT2D eigenvalue weighted by Crippen LogP contribution is -1.99. The van der Waals surface area contributed by atoms with Crippen LogP contribution in [0.1, 0.15) is 25.7 Å². The largest absolute Gasteiger partial charge is 0.191 e. The van der Waals surface area contributed by atoms with E-state index >= 15 is 0 Å². The van der Waals surface area contributed by atoms with Crippen LogP contribution >= 0.6 is 0 Å². The fraction of sp³-hybridized carbons (Fsp3) is 1.00. The summed E-state index contributed by atoms with van der Waals surface area (Å²) in [5, 5.41) is 7.92. The summed E-state index contributed by atoms with van der Waals surface area (Å²) in [4.78, 5) is 0. The molecule has 0 radical (unpaired) electrons. The van der Waals surface area contributed by atoms with Crippen LogP contribution in [-0.4, -0.2) is 5.66 Å². The summed E-state index contributed by atoms with van der Waals surface area (Å²) in [5.74, 6) is 0. The molecule has 0 amide bonds. The van der Waals surface area contributed by atoms with Crippen molar-refractivity contribution in [2.75, 3.05) is 0 Å². The van der Waals surface area contributed by atoms with E-state index in [1.165, 1.54) is 25.7 Å². The minimum Gasteiger partial charge on any atom is -0.159 e. The number of rotatable bonds is 0. The molecule has 2 heteroatoms. The first kappa shape index (κ1) is 3.58. The summed E-state index contributed by atoms with van der Waals surface area (Å²) in [6.07, 6.45) is 5.14. The highest BCUT2D eigenvalue weighted by atomic mass is 15.4. The topological polar surface area (TPSA) is 24.7 Å². The molecule has 1 saturated carbocycles. The molecule has 1 aliphatic heterocycles. The molecule has 0 aromatic heterocycles. The smallest absolute Gasteiger partial charge is 0.159 e. The van der Waals surface area contributed by atoms with Gasteiger partial charge in [0.1, 0.15) is 0 Å². The lowest BCUT2D eigenvalue weighted by molar-refractivity contribution is 0.627. The van der Waals surface area contributed by atoms with Gasteiger partial charge in [0.05, 0.1) is 0 Å². The van der Waals surface area contributed by atoms with Gasteiger partial charge in [-0.2, -0.15) is 10.2 Å². The monoisotopic (exact) mass is 96.1 g/mol. The molecule has 2 rings (SSSR count). The van der Waals surface area contributed by atoms with Crippen LogP contribution in [0.4, 0.5) is 0 Å². The van der Waals surface area contributed by atoms with E-state index in [0.717, 1.165) is 0 Å². The highest BCUT2D eigenvalue weighted by Gasteiger charge is 2.42. The molecule has 0 bridgehead atoms. The van der Waals surface area contributed by atoms with Crippen molar-refractivity contribution < 1.29 is 0 Å². The Bertz CT molecular complexity index is 103. The average molecular weight is 96.1 g/mol. The highest BCUT2D eigenvalue weighted by molar-refractivity contribution is 4.96. The van der Waals surface area contributed by atoms with Gasteiger partial charge >= 0.3 is 0 Å². The molecular weight excluding hydrogens is 88.1 g/mol. The van der Waals surface area contributed by atoms with Gasteiger partial charge in [0.25, 0.3) is 0 Å². The fourth-order valence-electron chi connectivity index (χ4n) is 1.21. The second-order valence-corrected chi connectivity index (χ2v) is 2.39. The van der Waals surface area contributed by atoms with Gasteiger partial charge in [0, 0.05) is 0 Å². The first-order valence-corrected chi connectivity index (χ1v) is 2.85. The maximum Gasteiger partial charge on any atom is 0.191 e. The third-order valence-corrected chi connectivity index (χ3v) is 1.79. The van der Waals surface area contributed by atoms with Crippen LogP contribution in [0.15, 0.2) is 10.2 Å². The summed E-state index contributed by atoms with van der Waals surface area (Å²) in [6, 6.07) is 0. The Morgan fingerprint density at radius 1 is 1.00 bits per heavy atom. The maximum absolute atomic E-state index is 3.96. The Balaban J connectivity index is 2.09. The second-order valence-electron chi connectivity index (χ2n) is 2.39. The molecule has 0 saturated heterocycles. The first-order chi connectivity index (χ1) is 3.41. The van der Waals surface area contributed by atoms with E-state index in [1.54, 1.807) is 0 Å². The summed E-state index contributed by atoms with van der Waals surface area (Å²) in [5.41, 5.74) is 0.194. The van der Waals surface area contributed by atoms with Gasteiger partial charge in [-0.1, -0.05) is 0 Å². The Morgan fingerprint density at radius 3 is 1.86 bits per heavy atom. The summed E-state index contributed by atoms with van der Waals surface area (Å²) >= 11 is 0. The van der Waals surface area contributed by atoms with Crippen LogP contribution in [0.25, 0.3) is 0 Å². The molecule has 1 heterocycles. The fourth-order valence-corrected chi connectivity index (χ4v) is 1.21. The van der Waals surface area contributed by atoms with E-state index in [4.69, 9.17) is 0 Å². The van der Waals surface area contributed by atoms with E-state index < -0.39 is 0 Å². The van der Waals surface area contributed by atoms with E-state index in [1.807, 2.05) is 0 Å². The van der Waals surface area contributed by atoms with Gasteiger partial charge in [-0.25, -0.2) is 0 Å². The molecule has 1 spiro atoms. The van der Waals surface area contributed by atoms with Crippen LogP contribution in [-0.2, 0) is 0 Å². The predicted molar refractivity (Wildman–Crippen MR) is 26.1 cm³/mol. The van der Waals surface area contributed by atoms with E-state index in [-0.39, 0.29) is 5.66 Å². The quantitative estimate of drug-likeness (QED) is 0.438. The molecule has 1 fully saturated rings. The molecule has 0 atom stereocenters. The SMILES string of the molecule is C1CCC2(C1)N=N2. The van der Waals surface area contributed by atoms with Crippen molar-refractivity contribution in [3.8, 4) is 0 Å². The Kier molecular flexibility index (Phi) is 0.451. The van der Waals surface area contributed by atoms with Crippen molar-refractivity contribution in [3.05, 3.63) is 0 Å². The Hall–Kier alpha value is -0.400. The standard InChI is InChI=1S/C5H8N2/c1-2-4-5(3-1)6-7-5/h1-4H2. The minimum atomic E-state index is 0.194. The third kappa shape index (κ3) is 0.392. The molecule has 0 aromatic rings. The molecule has 2 aliphatic rings. The highest BCUT2D eigenvalue weighted by Crippen LogP contribution is 2.43. The van der Waals surface area contributed by atoms with Crippen molar-refractivity contribution in [2.24, 2.45) is 10.2 Å². The molecule has 1 aliphatic carbocycles. The number of hydrogen-bond acceptors (Lipinski definition) is 2. The average Bonchev–Trinajstić information content (AvgIpc) is 2.15. The number of nitrogens with zero attached hydrogens (tertiary/aromatic N) is 2. The number of hydrogen-bond donors (Lipinski definition) is 0. The van der Waals surface area contributed by atoms with Gasteiger partial charge in [-0.3, -0.25) is 0 Å². The van der Waals surface area contributed by atoms with Crippen LogP contribution < -0.4 is 0 Å². The van der Waals surface area contributed by atoms with Crippen molar-refractivity contribution in [2.45, 2.75) is 31.3 Å². The van der Waals surface area contributed by atoms with Gasteiger partial charge in [0.15, 0.2) is 5.66 Å². The Labute approximate surface area is 42.6 Å². The van der Waals surface area contributed by atoms with Gasteiger partial charge in [0.2, 0.25) is 0 Å². The van der Waals surface area contributed by atoms with Crippen molar-refractivity contribution in [1.82, 2.24) is 0 Å². The van der Waals surface area contributed by atoms with Crippen molar-refractivity contribution >= 4 is 0 Å². The van der Waals surface area contributed by atoms with Gasteiger partial charge < -0.3 is 0 Å². The van der Waals surface area contributed by atoms with Crippen LogP contribution in [0.3, 0.4) is 0 Å². The summed E-state index contributed by atoms with van der Waals surface area (Å²) in [6.45, 7) is 0. The van der Waals surface area contributed by atoms with Gasteiger partial charge in [-0.05, 0) is 25.7 Å². The molecule has 38 valence electrons. The zero-order chi connectivity index (χ0) is 4.74. The van der Waals surface area contributed by atoms with E-state index in [9.17, 15) is 0 Å². The molecule has 7 heavy (non-hydrogen) atoms. The Morgan fingerprint density at radius 2 is 1.57 bits per heavy atom. The normalized spacial score (nSPS) is 32.0.